The van der Waals surface area contributed by atoms with Gasteiger partial charge in [0.15, 0.2) is 5.69 Å². The monoisotopic (exact) mass is 235 g/mol. The number of nitro groups is 1. The molecule has 0 aromatic carbocycles. The number of rotatable bonds is 4. The van der Waals surface area contributed by atoms with Crippen LogP contribution in [0.2, 0.25) is 0 Å². The molecule has 0 saturated heterocycles. The van der Waals surface area contributed by atoms with Crippen LogP contribution in [0.1, 0.15) is 23.8 Å². The van der Waals surface area contributed by atoms with Crippen molar-refractivity contribution in [3.63, 3.8) is 0 Å². The van der Waals surface area contributed by atoms with Gasteiger partial charge in [-0.1, -0.05) is 0 Å². The summed E-state index contributed by atoms with van der Waals surface area (Å²) >= 11 is 0. The van der Waals surface area contributed by atoms with Gasteiger partial charge >= 0.3 is 5.82 Å². The molecule has 6 heteroatoms. The van der Waals surface area contributed by atoms with E-state index in [1.54, 1.807) is 6.92 Å². The fraction of sp³-hybridized carbons (Fsp3) is 0.364. The maximum absolute atomic E-state index is 11.8. The SMILES string of the molecule is C#CCC(C)NC(=O)c1ccc([N+](=O)[O-])n1C. The second-order valence-electron chi connectivity index (χ2n) is 3.68. The van der Waals surface area contributed by atoms with Crippen LogP contribution in [0, 0.1) is 22.5 Å². The van der Waals surface area contributed by atoms with Crippen LogP contribution >= 0.6 is 0 Å². The fourth-order valence-electron chi connectivity index (χ4n) is 1.44. The number of hydrogen-bond acceptors (Lipinski definition) is 3. The molecule has 17 heavy (non-hydrogen) atoms. The second kappa shape index (κ2) is 5.16. The molecule has 1 rings (SSSR count). The molecule has 1 heterocycles. The predicted octanol–water partition coefficient (Wildman–Crippen LogP) is 1.07. The summed E-state index contributed by atoms with van der Waals surface area (Å²) < 4.78 is 1.23. The quantitative estimate of drug-likeness (QED) is 0.482. The zero-order chi connectivity index (χ0) is 13.0. The van der Waals surface area contributed by atoms with Crippen LogP contribution in [0.5, 0.6) is 0 Å². The molecule has 0 aliphatic carbocycles. The highest BCUT2D eigenvalue weighted by Crippen LogP contribution is 2.14. The summed E-state index contributed by atoms with van der Waals surface area (Å²) in [4.78, 5) is 21.8. The standard InChI is InChI=1S/C11H13N3O3/c1-4-5-8(2)12-11(15)9-6-7-10(13(9)3)14(16)17/h1,6-8H,5H2,2-3H3,(H,12,15). The third-order valence-corrected chi connectivity index (χ3v) is 2.32. The van der Waals surface area contributed by atoms with Gasteiger partial charge in [0.25, 0.3) is 5.91 Å². The third kappa shape index (κ3) is 2.84. The lowest BCUT2D eigenvalue weighted by molar-refractivity contribution is -0.391. The van der Waals surface area contributed by atoms with Crippen molar-refractivity contribution in [1.29, 1.82) is 0 Å². The Balaban J connectivity index is 2.84. The number of hydrogen-bond donors (Lipinski definition) is 1. The van der Waals surface area contributed by atoms with Crippen molar-refractivity contribution in [1.82, 2.24) is 9.88 Å². The lowest BCUT2D eigenvalue weighted by Crippen LogP contribution is -2.33. The van der Waals surface area contributed by atoms with E-state index in [2.05, 4.69) is 11.2 Å². The van der Waals surface area contributed by atoms with Gasteiger partial charge in [-0.15, -0.1) is 12.3 Å². The van der Waals surface area contributed by atoms with Crippen molar-refractivity contribution in [2.75, 3.05) is 0 Å². The number of aromatic nitrogens is 1. The van der Waals surface area contributed by atoms with Gasteiger partial charge in [-0.05, 0) is 17.9 Å². The summed E-state index contributed by atoms with van der Waals surface area (Å²) in [6, 6.07) is 2.54. The van der Waals surface area contributed by atoms with E-state index in [9.17, 15) is 14.9 Å². The molecule has 0 radical (unpaired) electrons. The van der Waals surface area contributed by atoms with Crippen LogP contribution < -0.4 is 5.32 Å². The van der Waals surface area contributed by atoms with E-state index in [1.807, 2.05) is 0 Å². The molecule has 0 bridgehead atoms. The number of carbonyl (C=O) groups excluding carboxylic acids is 1. The summed E-state index contributed by atoms with van der Waals surface area (Å²) in [7, 11) is 1.47. The largest absolute Gasteiger partial charge is 0.358 e. The van der Waals surface area contributed by atoms with Crippen molar-refractivity contribution in [2.24, 2.45) is 7.05 Å². The van der Waals surface area contributed by atoms with Gasteiger partial charge in [0, 0.05) is 18.5 Å². The third-order valence-electron chi connectivity index (χ3n) is 2.32. The lowest BCUT2D eigenvalue weighted by Gasteiger charge is -2.09. The zero-order valence-corrected chi connectivity index (χ0v) is 9.64. The highest BCUT2D eigenvalue weighted by molar-refractivity contribution is 5.93. The fourth-order valence-corrected chi connectivity index (χ4v) is 1.44. The van der Waals surface area contributed by atoms with Gasteiger partial charge < -0.3 is 15.4 Å². The Kier molecular flexibility index (Phi) is 3.88. The molecule has 1 atom stereocenters. The smallest absolute Gasteiger partial charge is 0.323 e. The molecule has 1 unspecified atom stereocenters. The number of nitrogens with zero attached hydrogens (tertiary/aromatic N) is 2. The molecule has 1 aromatic rings. The number of terminal acetylenes is 1. The first kappa shape index (κ1) is 12.8. The normalized spacial score (nSPS) is 11.6. The molecule has 0 aliphatic heterocycles. The molecular formula is C11H13N3O3. The summed E-state index contributed by atoms with van der Waals surface area (Å²) in [6.45, 7) is 1.77. The van der Waals surface area contributed by atoms with Crippen LogP contribution in [-0.2, 0) is 7.05 Å². The number of amides is 1. The second-order valence-corrected chi connectivity index (χ2v) is 3.68. The minimum absolute atomic E-state index is 0.125. The summed E-state index contributed by atoms with van der Waals surface area (Å²) in [5.41, 5.74) is 0.237. The van der Waals surface area contributed by atoms with E-state index in [0.29, 0.717) is 6.42 Å². The van der Waals surface area contributed by atoms with E-state index in [4.69, 9.17) is 6.42 Å². The summed E-state index contributed by atoms with van der Waals surface area (Å²) in [6.07, 6.45) is 5.54. The molecule has 1 N–H and O–H groups in total. The molecule has 6 nitrogen and oxygen atoms in total. The van der Waals surface area contributed by atoms with Gasteiger partial charge in [0.2, 0.25) is 0 Å². The first-order chi connectivity index (χ1) is 7.97. The van der Waals surface area contributed by atoms with Crippen LogP contribution in [0.25, 0.3) is 0 Å². The first-order valence-electron chi connectivity index (χ1n) is 5.01. The zero-order valence-electron chi connectivity index (χ0n) is 9.64. The van der Waals surface area contributed by atoms with Gasteiger partial charge in [-0.2, -0.15) is 0 Å². The van der Waals surface area contributed by atoms with Crippen molar-refractivity contribution < 1.29 is 9.72 Å². The van der Waals surface area contributed by atoms with Crippen LogP contribution in [-0.4, -0.2) is 21.4 Å². The van der Waals surface area contributed by atoms with Gasteiger partial charge in [0.1, 0.15) is 0 Å². The summed E-state index contributed by atoms with van der Waals surface area (Å²) in [5, 5.41) is 13.3. The number of carbonyl (C=O) groups is 1. The Bertz CT molecular complexity index is 485. The van der Waals surface area contributed by atoms with Crippen LogP contribution in [0.4, 0.5) is 5.82 Å². The highest BCUT2D eigenvalue weighted by atomic mass is 16.6. The van der Waals surface area contributed by atoms with E-state index in [1.165, 1.54) is 23.7 Å². The topological polar surface area (TPSA) is 77.2 Å². The molecule has 0 saturated carbocycles. The van der Waals surface area contributed by atoms with Crippen molar-refractivity contribution in [3.05, 3.63) is 27.9 Å². The highest BCUT2D eigenvalue weighted by Gasteiger charge is 2.21. The van der Waals surface area contributed by atoms with Gasteiger partial charge in [0.05, 0.1) is 7.05 Å². The molecule has 0 fully saturated rings. The Morgan fingerprint density at radius 1 is 1.71 bits per heavy atom. The van der Waals surface area contributed by atoms with Crippen molar-refractivity contribution in [3.8, 4) is 12.3 Å². The molecule has 0 spiro atoms. The Morgan fingerprint density at radius 3 is 2.82 bits per heavy atom. The Hall–Kier alpha value is -2.29. The maximum atomic E-state index is 11.8. The predicted molar refractivity (Wildman–Crippen MR) is 62.4 cm³/mol. The average molecular weight is 235 g/mol. The molecule has 0 aliphatic rings. The van der Waals surface area contributed by atoms with E-state index >= 15 is 0 Å². The molecule has 90 valence electrons. The van der Waals surface area contributed by atoms with Crippen LogP contribution in [0.3, 0.4) is 0 Å². The van der Waals surface area contributed by atoms with Gasteiger partial charge in [-0.25, -0.2) is 4.57 Å². The lowest BCUT2D eigenvalue weighted by atomic mass is 10.2. The Morgan fingerprint density at radius 2 is 2.35 bits per heavy atom. The van der Waals surface area contributed by atoms with Gasteiger partial charge in [-0.3, -0.25) is 4.79 Å². The molecule has 1 aromatic heterocycles. The first-order valence-corrected chi connectivity index (χ1v) is 5.01. The van der Waals surface area contributed by atoms with Crippen molar-refractivity contribution in [2.45, 2.75) is 19.4 Å². The van der Waals surface area contributed by atoms with E-state index < -0.39 is 4.92 Å². The molecular weight excluding hydrogens is 222 g/mol. The summed E-state index contributed by atoms with van der Waals surface area (Å²) in [5.74, 6) is 1.94. The van der Waals surface area contributed by atoms with Crippen molar-refractivity contribution >= 4 is 11.7 Å². The Labute approximate surface area is 98.8 Å². The minimum Gasteiger partial charge on any atom is -0.358 e. The number of nitrogens with one attached hydrogen (secondary N) is 1. The minimum atomic E-state index is -0.540. The maximum Gasteiger partial charge on any atom is 0.323 e. The van der Waals surface area contributed by atoms with Crippen LogP contribution in [0.15, 0.2) is 12.1 Å². The molecule has 1 amide bonds. The van der Waals surface area contributed by atoms with E-state index in [-0.39, 0.29) is 23.5 Å². The van der Waals surface area contributed by atoms with E-state index in [0.717, 1.165) is 0 Å². The average Bonchev–Trinajstić information content (AvgIpc) is 2.60.